The molecule has 1 aromatic rings. The lowest BCUT2D eigenvalue weighted by molar-refractivity contribution is 0.139. The predicted octanol–water partition coefficient (Wildman–Crippen LogP) is 1.26. The van der Waals surface area contributed by atoms with Crippen LogP contribution >= 0.6 is 0 Å². The first-order chi connectivity index (χ1) is 10.3. The predicted molar refractivity (Wildman–Crippen MR) is 82.2 cm³/mol. The van der Waals surface area contributed by atoms with Gasteiger partial charge < -0.3 is 14.9 Å². The van der Waals surface area contributed by atoms with Crippen molar-refractivity contribution in [1.29, 1.82) is 0 Å². The number of benzene rings is 1. The van der Waals surface area contributed by atoms with E-state index in [1.54, 1.807) is 0 Å². The molecule has 4 heteroatoms. The molecular weight excluding hydrogens is 266 g/mol. The van der Waals surface area contributed by atoms with E-state index in [4.69, 9.17) is 9.84 Å². The molecule has 114 valence electrons. The zero-order chi connectivity index (χ0) is 14.9. The minimum atomic E-state index is 0.0883. The van der Waals surface area contributed by atoms with E-state index in [-0.39, 0.29) is 13.2 Å². The average molecular weight is 289 g/mol. The molecule has 0 aromatic heterocycles. The van der Waals surface area contributed by atoms with Crippen molar-refractivity contribution in [1.82, 2.24) is 4.90 Å². The van der Waals surface area contributed by atoms with Gasteiger partial charge >= 0.3 is 0 Å². The quantitative estimate of drug-likeness (QED) is 0.774. The Balaban J connectivity index is 1.80. The molecule has 1 atom stereocenters. The standard InChI is InChI=1S/C17H23NO3/c19-11-2-1-5-15-6-3-8-17(13-15)21-12-10-18-9-4-7-16(18)14-20/h3,6,8,13,16,19-20H,2,4,7,9-12,14H2. The van der Waals surface area contributed by atoms with Gasteiger partial charge in [-0.25, -0.2) is 0 Å². The third-order valence-corrected chi connectivity index (χ3v) is 3.66. The van der Waals surface area contributed by atoms with Crippen molar-refractivity contribution >= 4 is 0 Å². The lowest BCUT2D eigenvalue weighted by Crippen LogP contribution is -2.35. The van der Waals surface area contributed by atoms with Crippen molar-refractivity contribution in [3.05, 3.63) is 29.8 Å². The summed E-state index contributed by atoms with van der Waals surface area (Å²) in [6.07, 6.45) is 2.72. The first kappa shape index (κ1) is 15.8. The average Bonchev–Trinajstić information content (AvgIpc) is 2.96. The second-order valence-corrected chi connectivity index (χ2v) is 5.17. The Bertz CT molecular complexity index is 492. The lowest BCUT2D eigenvalue weighted by atomic mass is 10.2. The van der Waals surface area contributed by atoms with Gasteiger partial charge in [-0.3, -0.25) is 4.90 Å². The summed E-state index contributed by atoms with van der Waals surface area (Å²) in [6, 6.07) is 7.98. The fraction of sp³-hybridized carbons (Fsp3) is 0.529. The molecule has 1 aliphatic heterocycles. The van der Waals surface area contributed by atoms with Crippen LogP contribution < -0.4 is 4.74 Å². The van der Waals surface area contributed by atoms with E-state index >= 15 is 0 Å². The third-order valence-electron chi connectivity index (χ3n) is 3.66. The normalized spacial score (nSPS) is 18.3. The molecule has 1 fully saturated rings. The van der Waals surface area contributed by atoms with Gasteiger partial charge in [0.05, 0.1) is 13.2 Å². The van der Waals surface area contributed by atoms with Crippen LogP contribution in [0.2, 0.25) is 0 Å². The Hall–Kier alpha value is -1.54. The second kappa shape index (κ2) is 8.68. The highest BCUT2D eigenvalue weighted by molar-refractivity contribution is 5.39. The molecule has 21 heavy (non-hydrogen) atoms. The Morgan fingerprint density at radius 1 is 1.33 bits per heavy atom. The molecule has 1 unspecified atom stereocenters. The Kier molecular flexibility index (Phi) is 6.55. The van der Waals surface area contributed by atoms with Gasteiger partial charge in [0, 0.05) is 24.6 Å². The highest BCUT2D eigenvalue weighted by Crippen LogP contribution is 2.17. The molecular formula is C17H23NO3. The summed E-state index contributed by atoms with van der Waals surface area (Å²) in [5.74, 6) is 6.71. The largest absolute Gasteiger partial charge is 0.492 e. The van der Waals surface area contributed by atoms with Crippen LogP contribution in [0.3, 0.4) is 0 Å². The van der Waals surface area contributed by atoms with Gasteiger partial charge in [0.2, 0.25) is 0 Å². The highest BCUT2D eigenvalue weighted by Gasteiger charge is 2.22. The van der Waals surface area contributed by atoms with Gasteiger partial charge in [0.25, 0.3) is 0 Å². The summed E-state index contributed by atoms with van der Waals surface area (Å²) in [4.78, 5) is 2.28. The minimum absolute atomic E-state index is 0.0883. The number of aliphatic hydroxyl groups excluding tert-OH is 2. The lowest BCUT2D eigenvalue weighted by Gasteiger charge is -2.22. The van der Waals surface area contributed by atoms with Crippen molar-refractivity contribution in [2.24, 2.45) is 0 Å². The van der Waals surface area contributed by atoms with Crippen LogP contribution in [-0.4, -0.2) is 54.1 Å². The zero-order valence-corrected chi connectivity index (χ0v) is 12.3. The van der Waals surface area contributed by atoms with Gasteiger partial charge in [-0.1, -0.05) is 17.9 Å². The number of nitrogens with zero attached hydrogens (tertiary/aromatic N) is 1. The summed E-state index contributed by atoms with van der Waals surface area (Å²) in [5.41, 5.74) is 0.898. The van der Waals surface area contributed by atoms with Gasteiger partial charge in [-0.05, 0) is 37.6 Å². The molecule has 0 spiro atoms. The van der Waals surface area contributed by atoms with E-state index in [9.17, 15) is 5.11 Å². The van der Waals surface area contributed by atoms with Crippen LogP contribution in [0.4, 0.5) is 0 Å². The molecule has 4 nitrogen and oxygen atoms in total. The summed E-state index contributed by atoms with van der Waals surface area (Å²) < 4.78 is 5.77. The van der Waals surface area contributed by atoms with Gasteiger partial charge in [-0.2, -0.15) is 0 Å². The molecule has 1 heterocycles. The van der Waals surface area contributed by atoms with Crippen molar-refractivity contribution < 1.29 is 14.9 Å². The maximum absolute atomic E-state index is 9.28. The first-order valence-electron chi connectivity index (χ1n) is 7.51. The molecule has 1 aromatic carbocycles. The maximum atomic E-state index is 9.28. The maximum Gasteiger partial charge on any atom is 0.120 e. The summed E-state index contributed by atoms with van der Waals surface area (Å²) in [7, 11) is 0. The smallest absolute Gasteiger partial charge is 0.120 e. The van der Waals surface area contributed by atoms with Crippen LogP contribution in [0, 0.1) is 11.8 Å². The zero-order valence-electron chi connectivity index (χ0n) is 12.3. The van der Waals surface area contributed by atoms with E-state index in [1.807, 2.05) is 24.3 Å². The van der Waals surface area contributed by atoms with Crippen LogP contribution in [0.15, 0.2) is 24.3 Å². The summed E-state index contributed by atoms with van der Waals surface area (Å²) >= 11 is 0. The number of rotatable bonds is 6. The van der Waals surface area contributed by atoms with Gasteiger partial charge in [0.15, 0.2) is 0 Å². The van der Waals surface area contributed by atoms with Crippen LogP contribution in [0.5, 0.6) is 5.75 Å². The number of aliphatic hydroxyl groups is 2. The summed E-state index contributed by atoms with van der Waals surface area (Å²) in [6.45, 7) is 2.82. The van der Waals surface area contributed by atoms with Crippen LogP contribution in [-0.2, 0) is 0 Å². The van der Waals surface area contributed by atoms with E-state index in [0.29, 0.717) is 19.1 Å². The number of hydrogen-bond donors (Lipinski definition) is 2. The van der Waals surface area contributed by atoms with E-state index < -0.39 is 0 Å². The topological polar surface area (TPSA) is 52.9 Å². The minimum Gasteiger partial charge on any atom is -0.492 e. The molecule has 2 N–H and O–H groups in total. The van der Waals surface area contributed by atoms with E-state index in [2.05, 4.69) is 16.7 Å². The Labute approximate surface area is 126 Å². The fourth-order valence-electron chi connectivity index (χ4n) is 2.56. The summed E-state index contributed by atoms with van der Waals surface area (Å²) in [5, 5.41) is 18.0. The molecule has 0 amide bonds. The molecule has 1 aliphatic rings. The number of ether oxygens (including phenoxy) is 1. The number of hydrogen-bond acceptors (Lipinski definition) is 4. The highest BCUT2D eigenvalue weighted by atomic mass is 16.5. The SMILES string of the molecule is OCCC#Cc1cccc(OCCN2CCCC2CO)c1. The van der Waals surface area contributed by atoms with Crippen molar-refractivity contribution in [3.63, 3.8) is 0 Å². The molecule has 2 rings (SSSR count). The Morgan fingerprint density at radius 3 is 3.05 bits per heavy atom. The molecule has 0 aliphatic carbocycles. The third kappa shape index (κ3) is 5.05. The first-order valence-corrected chi connectivity index (χ1v) is 7.51. The van der Waals surface area contributed by atoms with Crippen molar-refractivity contribution in [3.8, 4) is 17.6 Å². The van der Waals surface area contributed by atoms with E-state index in [1.165, 1.54) is 0 Å². The Morgan fingerprint density at radius 2 is 2.24 bits per heavy atom. The fourth-order valence-corrected chi connectivity index (χ4v) is 2.56. The van der Waals surface area contributed by atoms with Crippen molar-refractivity contribution in [2.75, 3.05) is 32.9 Å². The second-order valence-electron chi connectivity index (χ2n) is 5.17. The molecule has 0 saturated carbocycles. The molecule has 0 bridgehead atoms. The monoisotopic (exact) mass is 289 g/mol. The van der Waals surface area contributed by atoms with Gasteiger partial charge in [0.1, 0.15) is 12.4 Å². The molecule has 1 saturated heterocycles. The van der Waals surface area contributed by atoms with Crippen LogP contribution in [0.25, 0.3) is 0 Å². The number of likely N-dealkylation sites (tertiary alicyclic amines) is 1. The molecule has 0 radical (unpaired) electrons. The van der Waals surface area contributed by atoms with Crippen LogP contribution in [0.1, 0.15) is 24.8 Å². The van der Waals surface area contributed by atoms with E-state index in [0.717, 1.165) is 37.2 Å². The van der Waals surface area contributed by atoms with Crippen molar-refractivity contribution in [2.45, 2.75) is 25.3 Å². The van der Waals surface area contributed by atoms with Gasteiger partial charge in [-0.15, -0.1) is 0 Å².